The third-order valence-electron chi connectivity index (χ3n) is 2.89. The second-order valence-electron chi connectivity index (χ2n) is 6.78. The van der Waals surface area contributed by atoms with E-state index in [0.717, 1.165) is 0 Å². The van der Waals surface area contributed by atoms with Gasteiger partial charge in [-0.1, -0.05) is 0 Å². The molecule has 1 rings (SSSR count). The Hall–Kier alpha value is -0.810. The normalized spacial score (nSPS) is 24.2. The Morgan fingerprint density at radius 1 is 1.33 bits per heavy atom. The van der Waals surface area contributed by atoms with E-state index in [1.165, 1.54) is 4.90 Å². The van der Waals surface area contributed by atoms with E-state index in [1.54, 1.807) is 27.7 Å². The van der Waals surface area contributed by atoms with E-state index in [0.29, 0.717) is 6.61 Å². The highest BCUT2D eigenvalue weighted by Crippen LogP contribution is 2.34. The highest BCUT2D eigenvalue weighted by atomic mass is 16.6. The third kappa shape index (κ3) is 3.36. The van der Waals surface area contributed by atoms with Crippen LogP contribution in [0.5, 0.6) is 0 Å². The van der Waals surface area contributed by atoms with Crippen LogP contribution in [0.15, 0.2) is 0 Å². The lowest BCUT2D eigenvalue weighted by molar-refractivity contribution is -0.0757. The molecule has 1 N–H and O–H groups in total. The molecule has 1 aliphatic heterocycles. The molecule has 0 aromatic heterocycles. The quantitative estimate of drug-likeness (QED) is 0.783. The summed E-state index contributed by atoms with van der Waals surface area (Å²) in [6.07, 6.45) is -0.461. The van der Waals surface area contributed by atoms with E-state index >= 15 is 0 Å². The van der Waals surface area contributed by atoms with Gasteiger partial charge in [0.05, 0.1) is 18.2 Å². The highest BCUT2D eigenvalue weighted by molar-refractivity contribution is 5.70. The van der Waals surface area contributed by atoms with Gasteiger partial charge in [-0.3, -0.25) is 4.90 Å². The number of carbonyl (C=O) groups is 1. The average molecular weight is 259 g/mol. The van der Waals surface area contributed by atoms with Crippen molar-refractivity contribution in [1.29, 1.82) is 0 Å². The summed E-state index contributed by atoms with van der Waals surface area (Å²) in [6, 6.07) is -0.414. The van der Waals surface area contributed by atoms with Crippen LogP contribution in [0.3, 0.4) is 0 Å². The Labute approximate surface area is 109 Å². The van der Waals surface area contributed by atoms with Crippen molar-refractivity contribution in [3.8, 4) is 0 Å². The van der Waals surface area contributed by atoms with Crippen molar-refractivity contribution < 1.29 is 19.4 Å². The zero-order valence-electron chi connectivity index (χ0n) is 12.4. The van der Waals surface area contributed by atoms with Crippen LogP contribution >= 0.6 is 0 Å². The minimum atomic E-state index is -1.04. The summed E-state index contributed by atoms with van der Waals surface area (Å²) < 4.78 is 11.0. The van der Waals surface area contributed by atoms with Gasteiger partial charge in [0.2, 0.25) is 0 Å². The molecule has 1 amide bonds. The summed E-state index contributed by atoms with van der Waals surface area (Å²) in [5.74, 6) is 0. The first-order chi connectivity index (χ1) is 7.84. The lowest BCUT2D eigenvalue weighted by Crippen LogP contribution is -2.56. The van der Waals surface area contributed by atoms with Gasteiger partial charge >= 0.3 is 6.09 Å². The van der Waals surface area contributed by atoms with Crippen molar-refractivity contribution in [2.45, 2.75) is 71.4 Å². The zero-order chi connectivity index (χ0) is 14.4. The van der Waals surface area contributed by atoms with Gasteiger partial charge in [0.25, 0.3) is 0 Å². The highest BCUT2D eigenvalue weighted by Gasteiger charge is 2.50. The molecule has 1 atom stereocenters. The maximum absolute atomic E-state index is 12.2. The molecule has 0 unspecified atom stereocenters. The van der Waals surface area contributed by atoms with E-state index in [1.807, 2.05) is 20.8 Å². The number of hydrogen-bond donors (Lipinski definition) is 1. The second kappa shape index (κ2) is 4.38. The van der Waals surface area contributed by atoms with E-state index < -0.39 is 29.1 Å². The molecule has 1 fully saturated rings. The van der Waals surface area contributed by atoms with Crippen molar-refractivity contribution in [3.63, 3.8) is 0 Å². The van der Waals surface area contributed by atoms with E-state index in [2.05, 4.69) is 0 Å². The number of aliphatic hydroxyl groups is 1. The fourth-order valence-corrected chi connectivity index (χ4v) is 1.98. The molecule has 1 aliphatic rings. The van der Waals surface area contributed by atoms with Crippen LogP contribution in [0.1, 0.15) is 48.5 Å². The van der Waals surface area contributed by atoms with Crippen molar-refractivity contribution in [1.82, 2.24) is 4.90 Å². The molecule has 5 nitrogen and oxygen atoms in total. The smallest absolute Gasteiger partial charge is 0.413 e. The first-order valence-electron chi connectivity index (χ1n) is 6.23. The fraction of sp³-hybridized carbons (Fsp3) is 0.923. The molecule has 0 spiro atoms. The number of rotatable bonds is 1. The van der Waals surface area contributed by atoms with Gasteiger partial charge in [-0.05, 0) is 48.5 Å². The molecular weight excluding hydrogens is 234 g/mol. The molecule has 0 radical (unpaired) electrons. The molecule has 0 saturated carbocycles. The molecule has 0 aromatic rings. The van der Waals surface area contributed by atoms with Crippen LogP contribution in [0.4, 0.5) is 4.79 Å². The van der Waals surface area contributed by atoms with Crippen molar-refractivity contribution in [2.24, 2.45) is 0 Å². The lowest BCUT2D eigenvalue weighted by Gasteiger charge is -2.38. The average Bonchev–Trinajstić information content (AvgIpc) is 2.36. The molecular formula is C13H25NO4. The first kappa shape index (κ1) is 15.2. The fourth-order valence-electron chi connectivity index (χ4n) is 1.98. The number of hydrogen-bond acceptors (Lipinski definition) is 4. The van der Waals surface area contributed by atoms with Crippen LogP contribution in [-0.2, 0) is 9.47 Å². The summed E-state index contributed by atoms with van der Waals surface area (Å²) in [7, 11) is 0. The van der Waals surface area contributed by atoms with Gasteiger partial charge in [-0.2, -0.15) is 0 Å². The molecule has 5 heteroatoms. The molecule has 0 aliphatic carbocycles. The van der Waals surface area contributed by atoms with Gasteiger partial charge in [0.15, 0.2) is 0 Å². The van der Waals surface area contributed by atoms with Crippen LogP contribution in [0.25, 0.3) is 0 Å². The van der Waals surface area contributed by atoms with Gasteiger partial charge in [-0.25, -0.2) is 4.79 Å². The molecule has 0 bridgehead atoms. The van der Waals surface area contributed by atoms with Crippen LogP contribution < -0.4 is 0 Å². The first-order valence-corrected chi connectivity index (χ1v) is 6.23. The summed E-state index contributed by atoms with van der Waals surface area (Å²) >= 11 is 0. The maximum atomic E-state index is 12.2. The lowest BCUT2D eigenvalue weighted by atomic mass is 9.98. The monoisotopic (exact) mass is 259 g/mol. The topological polar surface area (TPSA) is 59.0 Å². The van der Waals surface area contributed by atoms with Gasteiger partial charge in [-0.15, -0.1) is 0 Å². The number of nitrogens with zero attached hydrogens (tertiary/aromatic N) is 1. The standard InChI is InChI=1S/C13H25NO4/c1-11(2,3)18-10(15)14-9(12(4,5)16)8-17-13(14,6)7/h9,16H,8H2,1-7H3/t9-/m0/s1. The van der Waals surface area contributed by atoms with E-state index in [-0.39, 0.29) is 0 Å². The molecule has 1 saturated heterocycles. The van der Waals surface area contributed by atoms with Gasteiger partial charge < -0.3 is 14.6 Å². The second-order valence-corrected chi connectivity index (χ2v) is 6.78. The minimum Gasteiger partial charge on any atom is -0.444 e. The number of ether oxygens (including phenoxy) is 2. The van der Waals surface area contributed by atoms with Crippen molar-refractivity contribution >= 4 is 6.09 Å². The molecule has 18 heavy (non-hydrogen) atoms. The van der Waals surface area contributed by atoms with Crippen LogP contribution in [0.2, 0.25) is 0 Å². The van der Waals surface area contributed by atoms with E-state index in [4.69, 9.17) is 9.47 Å². The van der Waals surface area contributed by atoms with E-state index in [9.17, 15) is 9.90 Å². The minimum absolute atomic E-state index is 0.301. The summed E-state index contributed by atoms with van der Waals surface area (Å²) in [4.78, 5) is 13.7. The Bertz CT molecular complexity index is 325. The Balaban J connectivity index is 2.96. The number of carbonyl (C=O) groups excluding carboxylic acids is 1. The summed E-state index contributed by atoms with van der Waals surface area (Å²) in [5.41, 5.74) is -2.38. The predicted molar refractivity (Wildman–Crippen MR) is 68.2 cm³/mol. The molecule has 1 heterocycles. The summed E-state index contributed by atoms with van der Waals surface area (Å²) in [5, 5.41) is 10.1. The SMILES string of the molecule is CC(C)(C)OC(=O)N1[C@H](C(C)(C)O)COC1(C)C. The molecule has 0 aromatic carbocycles. The van der Waals surface area contributed by atoms with Crippen molar-refractivity contribution in [3.05, 3.63) is 0 Å². The van der Waals surface area contributed by atoms with Gasteiger partial charge in [0.1, 0.15) is 11.3 Å². The van der Waals surface area contributed by atoms with Crippen LogP contribution in [-0.4, -0.2) is 45.7 Å². The Morgan fingerprint density at radius 3 is 2.22 bits per heavy atom. The Morgan fingerprint density at radius 2 is 1.83 bits per heavy atom. The third-order valence-corrected chi connectivity index (χ3v) is 2.89. The summed E-state index contributed by atoms with van der Waals surface area (Å²) in [6.45, 7) is 12.7. The Kier molecular flexibility index (Phi) is 3.71. The molecule has 106 valence electrons. The largest absolute Gasteiger partial charge is 0.444 e. The van der Waals surface area contributed by atoms with Crippen LogP contribution in [0, 0.1) is 0 Å². The number of amides is 1. The maximum Gasteiger partial charge on any atom is 0.413 e. The predicted octanol–water partition coefficient (Wildman–Crippen LogP) is 2.13. The van der Waals surface area contributed by atoms with Gasteiger partial charge in [0, 0.05) is 0 Å². The van der Waals surface area contributed by atoms with Crippen molar-refractivity contribution in [2.75, 3.05) is 6.61 Å². The zero-order valence-corrected chi connectivity index (χ0v) is 12.4.